The Morgan fingerprint density at radius 1 is 1.11 bits per heavy atom. The Balaban J connectivity index is 1.57. The first-order valence-electron chi connectivity index (χ1n) is 8.29. The van der Waals surface area contributed by atoms with Crippen molar-refractivity contribution in [2.45, 2.75) is 6.42 Å². The first-order chi connectivity index (χ1) is 13.0. The maximum Gasteiger partial charge on any atom is 0.340 e. The zero-order valence-corrected chi connectivity index (χ0v) is 15.0. The van der Waals surface area contributed by atoms with Gasteiger partial charge in [-0.1, -0.05) is 48.0 Å². The van der Waals surface area contributed by atoms with E-state index in [2.05, 4.69) is 0 Å². The molecule has 1 aliphatic heterocycles. The molecule has 1 aliphatic rings. The van der Waals surface area contributed by atoms with Gasteiger partial charge in [0.25, 0.3) is 5.91 Å². The minimum atomic E-state index is -1.22. The third-order valence-corrected chi connectivity index (χ3v) is 4.58. The second kappa shape index (κ2) is 8.31. The predicted molar refractivity (Wildman–Crippen MR) is 97.3 cm³/mol. The van der Waals surface area contributed by atoms with Crippen LogP contribution in [0.25, 0.3) is 5.57 Å². The van der Waals surface area contributed by atoms with E-state index >= 15 is 0 Å². The molecule has 140 valence electrons. The Labute approximate surface area is 160 Å². The van der Waals surface area contributed by atoms with Gasteiger partial charge in [-0.05, 0) is 29.7 Å². The van der Waals surface area contributed by atoms with Gasteiger partial charge in [0.15, 0.2) is 18.2 Å². The van der Waals surface area contributed by atoms with E-state index in [9.17, 15) is 18.4 Å². The number of benzene rings is 2. The molecule has 7 heteroatoms. The number of carbonyl (C=O) groups excluding carboxylic acids is 2. The van der Waals surface area contributed by atoms with Gasteiger partial charge in [0.2, 0.25) is 0 Å². The summed E-state index contributed by atoms with van der Waals surface area (Å²) in [4.78, 5) is 25.8. The van der Waals surface area contributed by atoms with Crippen LogP contribution in [0.2, 0.25) is 5.02 Å². The van der Waals surface area contributed by atoms with Gasteiger partial charge in [-0.3, -0.25) is 4.79 Å². The summed E-state index contributed by atoms with van der Waals surface area (Å²) < 4.78 is 31.2. The molecule has 1 heterocycles. The van der Waals surface area contributed by atoms with Crippen molar-refractivity contribution in [2.75, 3.05) is 19.7 Å². The third-order valence-electron chi connectivity index (χ3n) is 4.26. The molecule has 2 aromatic carbocycles. The highest BCUT2D eigenvalue weighted by Crippen LogP contribution is 2.23. The number of amides is 1. The molecule has 27 heavy (non-hydrogen) atoms. The highest BCUT2D eigenvalue weighted by Gasteiger charge is 2.21. The average molecular weight is 392 g/mol. The monoisotopic (exact) mass is 391 g/mol. The fraction of sp³-hybridized carbons (Fsp3) is 0.200. The van der Waals surface area contributed by atoms with Gasteiger partial charge >= 0.3 is 5.97 Å². The molecule has 0 radical (unpaired) electrons. The topological polar surface area (TPSA) is 46.6 Å². The summed E-state index contributed by atoms with van der Waals surface area (Å²) in [5, 5.41) is -0.278. The molecule has 0 saturated carbocycles. The van der Waals surface area contributed by atoms with E-state index in [1.54, 1.807) is 4.90 Å². The van der Waals surface area contributed by atoms with E-state index in [1.807, 2.05) is 36.4 Å². The van der Waals surface area contributed by atoms with Crippen LogP contribution in [0.5, 0.6) is 0 Å². The Morgan fingerprint density at radius 2 is 1.81 bits per heavy atom. The molecule has 0 N–H and O–H groups in total. The van der Waals surface area contributed by atoms with Gasteiger partial charge in [0.05, 0.1) is 10.6 Å². The van der Waals surface area contributed by atoms with E-state index in [-0.39, 0.29) is 16.5 Å². The van der Waals surface area contributed by atoms with Crippen LogP contribution in [0.15, 0.2) is 48.5 Å². The predicted octanol–water partition coefficient (Wildman–Crippen LogP) is 4.09. The van der Waals surface area contributed by atoms with Gasteiger partial charge in [-0.15, -0.1) is 0 Å². The number of carbonyl (C=O) groups is 2. The van der Waals surface area contributed by atoms with Crippen LogP contribution in [0, 0.1) is 11.6 Å². The molecule has 2 aromatic rings. The Morgan fingerprint density at radius 3 is 2.48 bits per heavy atom. The Kier molecular flexibility index (Phi) is 5.86. The number of nitrogens with zero attached hydrogens (tertiary/aromatic N) is 1. The molecular formula is C20H16ClF2NO3. The van der Waals surface area contributed by atoms with Crippen LogP contribution in [-0.2, 0) is 9.53 Å². The van der Waals surface area contributed by atoms with Gasteiger partial charge < -0.3 is 9.64 Å². The lowest BCUT2D eigenvalue weighted by Crippen LogP contribution is -2.37. The van der Waals surface area contributed by atoms with Crippen LogP contribution in [0.3, 0.4) is 0 Å². The summed E-state index contributed by atoms with van der Waals surface area (Å²) in [7, 11) is 0. The van der Waals surface area contributed by atoms with Crippen molar-refractivity contribution in [3.63, 3.8) is 0 Å². The number of esters is 1. The molecule has 0 atom stereocenters. The zero-order chi connectivity index (χ0) is 19.4. The average Bonchev–Trinajstić information content (AvgIpc) is 2.69. The summed E-state index contributed by atoms with van der Waals surface area (Å²) in [5.41, 5.74) is 1.95. The van der Waals surface area contributed by atoms with Crippen LogP contribution in [0.4, 0.5) is 8.78 Å². The Hall–Kier alpha value is -2.73. The van der Waals surface area contributed by atoms with Crippen molar-refractivity contribution in [1.82, 2.24) is 4.90 Å². The van der Waals surface area contributed by atoms with Crippen molar-refractivity contribution in [3.05, 3.63) is 76.3 Å². The molecule has 0 fully saturated rings. The molecule has 0 aliphatic carbocycles. The third kappa shape index (κ3) is 4.52. The van der Waals surface area contributed by atoms with E-state index in [0.717, 1.165) is 11.1 Å². The molecule has 0 spiro atoms. The zero-order valence-electron chi connectivity index (χ0n) is 14.3. The SMILES string of the molecule is O=C(OCC(=O)N1CC=C(c2ccccc2)CC1)c1cc(F)c(F)cc1Cl. The summed E-state index contributed by atoms with van der Waals surface area (Å²) in [6, 6.07) is 11.2. The molecule has 1 amide bonds. The summed E-state index contributed by atoms with van der Waals surface area (Å²) >= 11 is 5.72. The molecule has 4 nitrogen and oxygen atoms in total. The normalized spacial score (nSPS) is 13.9. The van der Waals surface area contributed by atoms with Gasteiger partial charge in [-0.25, -0.2) is 13.6 Å². The maximum atomic E-state index is 13.3. The number of ether oxygens (including phenoxy) is 1. The highest BCUT2D eigenvalue weighted by molar-refractivity contribution is 6.33. The minimum Gasteiger partial charge on any atom is -0.452 e. The van der Waals surface area contributed by atoms with Crippen LogP contribution >= 0.6 is 11.6 Å². The van der Waals surface area contributed by atoms with Gasteiger partial charge in [0.1, 0.15) is 0 Å². The standard InChI is InChI=1S/C20H16ClF2NO3/c21-16-11-18(23)17(22)10-15(16)20(26)27-12-19(25)24-8-6-14(7-9-24)13-4-2-1-3-5-13/h1-6,10-11H,7-9,12H2. The molecular weight excluding hydrogens is 376 g/mol. The smallest absolute Gasteiger partial charge is 0.340 e. The fourth-order valence-electron chi connectivity index (χ4n) is 2.79. The van der Waals surface area contributed by atoms with E-state index < -0.39 is 24.2 Å². The molecule has 3 rings (SSSR count). The largest absolute Gasteiger partial charge is 0.452 e. The first kappa shape index (κ1) is 19.0. The van der Waals surface area contributed by atoms with Crippen LogP contribution in [-0.4, -0.2) is 36.5 Å². The molecule has 0 unspecified atom stereocenters. The molecule has 0 saturated heterocycles. The van der Waals surface area contributed by atoms with Crippen molar-refractivity contribution < 1.29 is 23.1 Å². The fourth-order valence-corrected chi connectivity index (χ4v) is 3.01. The van der Waals surface area contributed by atoms with Crippen molar-refractivity contribution in [1.29, 1.82) is 0 Å². The van der Waals surface area contributed by atoms with Crippen molar-refractivity contribution in [2.24, 2.45) is 0 Å². The second-order valence-electron chi connectivity index (χ2n) is 6.01. The lowest BCUT2D eigenvalue weighted by Gasteiger charge is -2.26. The van der Waals surface area contributed by atoms with Crippen molar-refractivity contribution >= 4 is 29.1 Å². The van der Waals surface area contributed by atoms with Gasteiger partial charge in [-0.2, -0.15) is 0 Å². The lowest BCUT2D eigenvalue weighted by atomic mass is 10.00. The summed E-state index contributed by atoms with van der Waals surface area (Å²) in [5.74, 6) is -3.73. The Bertz CT molecular complexity index is 900. The quantitative estimate of drug-likeness (QED) is 0.582. The van der Waals surface area contributed by atoms with Crippen LogP contribution < -0.4 is 0 Å². The van der Waals surface area contributed by atoms with E-state index in [1.165, 1.54) is 0 Å². The maximum absolute atomic E-state index is 13.3. The summed E-state index contributed by atoms with van der Waals surface area (Å²) in [6.07, 6.45) is 2.66. The number of hydrogen-bond acceptors (Lipinski definition) is 3. The number of halogens is 3. The van der Waals surface area contributed by atoms with Gasteiger partial charge in [0, 0.05) is 13.1 Å². The highest BCUT2D eigenvalue weighted by atomic mass is 35.5. The first-order valence-corrected chi connectivity index (χ1v) is 8.67. The number of rotatable bonds is 4. The van der Waals surface area contributed by atoms with E-state index in [4.69, 9.17) is 16.3 Å². The van der Waals surface area contributed by atoms with Crippen LogP contribution in [0.1, 0.15) is 22.3 Å². The van der Waals surface area contributed by atoms with E-state index in [0.29, 0.717) is 31.6 Å². The summed E-state index contributed by atoms with van der Waals surface area (Å²) in [6.45, 7) is 0.415. The number of hydrogen-bond donors (Lipinski definition) is 0. The second-order valence-corrected chi connectivity index (χ2v) is 6.41. The lowest BCUT2D eigenvalue weighted by molar-refractivity contribution is -0.134. The molecule has 0 aromatic heterocycles. The van der Waals surface area contributed by atoms with Crippen molar-refractivity contribution in [3.8, 4) is 0 Å². The minimum absolute atomic E-state index is 0.278. The molecule has 0 bridgehead atoms.